The summed E-state index contributed by atoms with van der Waals surface area (Å²) in [5.41, 5.74) is 6.27. The maximum absolute atomic E-state index is 11.9. The van der Waals surface area contributed by atoms with E-state index in [9.17, 15) is 4.79 Å². The monoisotopic (exact) mass is 252 g/mol. The molecule has 1 aromatic heterocycles. The molecule has 4 heteroatoms. The van der Waals surface area contributed by atoms with Crippen LogP contribution in [0.2, 0.25) is 0 Å². The minimum Gasteiger partial charge on any atom is -0.467 e. The summed E-state index contributed by atoms with van der Waals surface area (Å²) < 4.78 is 5.14. The summed E-state index contributed by atoms with van der Waals surface area (Å²) in [6.45, 7) is 8.93. The first-order valence-electron chi connectivity index (χ1n) is 6.40. The zero-order chi connectivity index (χ0) is 13.8. The molecular formula is C14H24N2O2. The van der Waals surface area contributed by atoms with Crippen molar-refractivity contribution in [2.45, 2.75) is 53.1 Å². The Morgan fingerprint density at radius 3 is 2.67 bits per heavy atom. The number of hydrogen-bond acceptors (Lipinski definition) is 3. The van der Waals surface area contributed by atoms with Crippen LogP contribution in [0.15, 0.2) is 16.7 Å². The van der Waals surface area contributed by atoms with Crippen LogP contribution in [0.4, 0.5) is 0 Å². The van der Waals surface area contributed by atoms with Crippen LogP contribution in [0.5, 0.6) is 0 Å². The molecule has 1 unspecified atom stereocenters. The molecular weight excluding hydrogens is 228 g/mol. The molecule has 1 rings (SSSR count). The SMILES string of the molecule is CC(CCC(C)(C)C)NC(=O)c1coc(CN)c1. The maximum Gasteiger partial charge on any atom is 0.254 e. The van der Waals surface area contributed by atoms with Crippen LogP contribution >= 0.6 is 0 Å². The van der Waals surface area contributed by atoms with E-state index < -0.39 is 0 Å². The summed E-state index contributed by atoms with van der Waals surface area (Å²) in [6, 6.07) is 1.85. The second-order valence-electron chi connectivity index (χ2n) is 5.98. The van der Waals surface area contributed by atoms with E-state index in [1.54, 1.807) is 6.07 Å². The van der Waals surface area contributed by atoms with Crippen LogP contribution in [-0.2, 0) is 6.54 Å². The number of amides is 1. The molecule has 0 saturated carbocycles. The van der Waals surface area contributed by atoms with Crippen molar-refractivity contribution in [1.29, 1.82) is 0 Å². The highest BCUT2D eigenvalue weighted by molar-refractivity contribution is 5.94. The van der Waals surface area contributed by atoms with E-state index in [0.29, 0.717) is 23.3 Å². The number of carbonyl (C=O) groups is 1. The van der Waals surface area contributed by atoms with Crippen LogP contribution in [-0.4, -0.2) is 11.9 Å². The van der Waals surface area contributed by atoms with Gasteiger partial charge < -0.3 is 15.5 Å². The smallest absolute Gasteiger partial charge is 0.254 e. The largest absolute Gasteiger partial charge is 0.467 e. The molecule has 1 heterocycles. The van der Waals surface area contributed by atoms with Gasteiger partial charge in [-0.1, -0.05) is 20.8 Å². The van der Waals surface area contributed by atoms with Crippen molar-refractivity contribution in [3.8, 4) is 0 Å². The topological polar surface area (TPSA) is 68.3 Å². The predicted molar refractivity (Wildman–Crippen MR) is 72.2 cm³/mol. The van der Waals surface area contributed by atoms with E-state index in [1.807, 2.05) is 6.92 Å². The highest BCUT2D eigenvalue weighted by Crippen LogP contribution is 2.21. The van der Waals surface area contributed by atoms with Gasteiger partial charge in [0, 0.05) is 6.04 Å². The van der Waals surface area contributed by atoms with Crippen LogP contribution in [0, 0.1) is 5.41 Å². The average Bonchev–Trinajstić information content (AvgIpc) is 2.74. The number of nitrogens with two attached hydrogens (primary N) is 1. The van der Waals surface area contributed by atoms with Crippen LogP contribution < -0.4 is 11.1 Å². The third-order valence-electron chi connectivity index (χ3n) is 2.82. The molecule has 1 amide bonds. The van der Waals surface area contributed by atoms with Gasteiger partial charge in [0.15, 0.2) is 0 Å². The van der Waals surface area contributed by atoms with Gasteiger partial charge in [-0.3, -0.25) is 4.79 Å². The van der Waals surface area contributed by atoms with Crippen molar-refractivity contribution in [2.75, 3.05) is 0 Å². The van der Waals surface area contributed by atoms with Crippen LogP contribution in [0.3, 0.4) is 0 Å². The predicted octanol–water partition coefficient (Wildman–Crippen LogP) is 2.68. The lowest BCUT2D eigenvalue weighted by Crippen LogP contribution is -2.33. The first-order valence-corrected chi connectivity index (χ1v) is 6.40. The van der Waals surface area contributed by atoms with Gasteiger partial charge in [0.1, 0.15) is 12.0 Å². The molecule has 1 aromatic rings. The molecule has 0 spiro atoms. The molecule has 18 heavy (non-hydrogen) atoms. The third kappa shape index (κ3) is 4.92. The van der Waals surface area contributed by atoms with Crippen LogP contribution in [0.25, 0.3) is 0 Å². The summed E-state index contributed by atoms with van der Waals surface area (Å²) in [5, 5.41) is 2.97. The Kier molecular flexibility index (Phi) is 4.96. The van der Waals surface area contributed by atoms with E-state index >= 15 is 0 Å². The minimum absolute atomic E-state index is 0.0974. The van der Waals surface area contributed by atoms with Gasteiger partial charge in [0.05, 0.1) is 12.1 Å². The Bertz CT molecular complexity index is 391. The average molecular weight is 252 g/mol. The van der Waals surface area contributed by atoms with Crippen molar-refractivity contribution >= 4 is 5.91 Å². The quantitative estimate of drug-likeness (QED) is 0.846. The summed E-state index contributed by atoms with van der Waals surface area (Å²) in [7, 11) is 0. The fraction of sp³-hybridized carbons (Fsp3) is 0.643. The van der Waals surface area contributed by atoms with E-state index in [4.69, 9.17) is 10.2 Å². The lowest BCUT2D eigenvalue weighted by atomic mass is 9.89. The molecule has 0 bridgehead atoms. The molecule has 0 aromatic carbocycles. The lowest BCUT2D eigenvalue weighted by molar-refractivity contribution is 0.0935. The Balaban J connectivity index is 2.44. The second kappa shape index (κ2) is 6.05. The van der Waals surface area contributed by atoms with Crippen molar-refractivity contribution in [2.24, 2.45) is 11.1 Å². The molecule has 3 N–H and O–H groups in total. The van der Waals surface area contributed by atoms with Crippen molar-refractivity contribution in [1.82, 2.24) is 5.32 Å². The van der Waals surface area contributed by atoms with E-state index in [2.05, 4.69) is 26.1 Å². The highest BCUT2D eigenvalue weighted by atomic mass is 16.3. The van der Waals surface area contributed by atoms with E-state index in [1.165, 1.54) is 6.26 Å². The lowest BCUT2D eigenvalue weighted by Gasteiger charge is -2.21. The number of rotatable bonds is 5. The molecule has 1 atom stereocenters. The number of nitrogens with one attached hydrogen (secondary N) is 1. The van der Waals surface area contributed by atoms with E-state index in [-0.39, 0.29) is 11.9 Å². The molecule has 0 aliphatic rings. The zero-order valence-electron chi connectivity index (χ0n) is 11.7. The molecule has 0 fully saturated rings. The molecule has 0 aliphatic carbocycles. The Morgan fingerprint density at radius 1 is 1.50 bits per heavy atom. The van der Waals surface area contributed by atoms with Gasteiger partial charge >= 0.3 is 0 Å². The van der Waals surface area contributed by atoms with Crippen molar-refractivity contribution in [3.05, 3.63) is 23.7 Å². The summed E-state index contributed by atoms with van der Waals surface area (Å²) in [6.07, 6.45) is 3.50. The first-order chi connectivity index (χ1) is 8.31. The number of furan rings is 1. The molecule has 0 aliphatic heterocycles. The molecule has 4 nitrogen and oxygen atoms in total. The summed E-state index contributed by atoms with van der Waals surface area (Å²) in [5.74, 6) is 0.530. The number of hydrogen-bond donors (Lipinski definition) is 2. The third-order valence-corrected chi connectivity index (χ3v) is 2.82. The highest BCUT2D eigenvalue weighted by Gasteiger charge is 2.15. The zero-order valence-corrected chi connectivity index (χ0v) is 11.7. The van der Waals surface area contributed by atoms with Gasteiger partial charge in [-0.05, 0) is 31.2 Å². The van der Waals surface area contributed by atoms with Gasteiger partial charge in [-0.2, -0.15) is 0 Å². The first kappa shape index (κ1) is 14.8. The van der Waals surface area contributed by atoms with Crippen LogP contribution in [0.1, 0.15) is 56.7 Å². The second-order valence-corrected chi connectivity index (χ2v) is 5.98. The van der Waals surface area contributed by atoms with Gasteiger partial charge in [0.2, 0.25) is 0 Å². The fourth-order valence-electron chi connectivity index (χ4n) is 1.64. The van der Waals surface area contributed by atoms with Gasteiger partial charge in [0.25, 0.3) is 5.91 Å². The molecule has 0 radical (unpaired) electrons. The molecule has 102 valence electrons. The van der Waals surface area contributed by atoms with Gasteiger partial charge in [-0.15, -0.1) is 0 Å². The fourth-order valence-corrected chi connectivity index (χ4v) is 1.64. The maximum atomic E-state index is 11.9. The minimum atomic E-state index is -0.0974. The number of carbonyl (C=O) groups excluding carboxylic acids is 1. The Labute approximate surface area is 109 Å². The van der Waals surface area contributed by atoms with Crippen molar-refractivity contribution < 1.29 is 9.21 Å². The van der Waals surface area contributed by atoms with Crippen molar-refractivity contribution in [3.63, 3.8) is 0 Å². The molecule has 0 saturated heterocycles. The summed E-state index contributed by atoms with van der Waals surface area (Å²) in [4.78, 5) is 11.9. The Morgan fingerprint density at radius 2 is 2.17 bits per heavy atom. The van der Waals surface area contributed by atoms with E-state index in [0.717, 1.165) is 12.8 Å². The normalized spacial score (nSPS) is 13.4. The van der Waals surface area contributed by atoms with Gasteiger partial charge in [-0.25, -0.2) is 0 Å². The Hall–Kier alpha value is -1.29. The summed E-state index contributed by atoms with van der Waals surface area (Å²) >= 11 is 0. The standard InChI is InChI=1S/C14H24N2O2/c1-10(5-6-14(2,3)4)16-13(17)11-7-12(8-15)18-9-11/h7,9-10H,5-6,8,15H2,1-4H3,(H,16,17).